The van der Waals surface area contributed by atoms with Gasteiger partial charge in [-0.1, -0.05) is 69.2 Å². The van der Waals surface area contributed by atoms with Crippen LogP contribution in [0.4, 0.5) is 0 Å². The molecule has 2 fully saturated rings. The molecule has 0 atom stereocenters. The summed E-state index contributed by atoms with van der Waals surface area (Å²) in [5, 5.41) is 0. The monoisotopic (exact) mass is 352 g/mol. The van der Waals surface area contributed by atoms with E-state index in [1.54, 1.807) is 0 Å². The molecule has 0 radical (unpaired) electrons. The van der Waals surface area contributed by atoms with E-state index in [1.165, 1.54) is 0 Å². The maximum atomic E-state index is 4.94. The highest BCUT2D eigenvalue weighted by Gasteiger charge is 1.94. The van der Waals surface area contributed by atoms with Crippen molar-refractivity contribution in [3.63, 3.8) is 0 Å². The first-order valence-electron chi connectivity index (χ1n) is 9.77. The van der Waals surface area contributed by atoms with Crippen molar-refractivity contribution in [2.24, 2.45) is 11.8 Å². The summed E-state index contributed by atoms with van der Waals surface area (Å²) in [4.78, 5) is 0. The number of hydrogen-bond donors (Lipinski definition) is 0. The van der Waals surface area contributed by atoms with Gasteiger partial charge < -0.3 is 18.9 Å². The van der Waals surface area contributed by atoms with Crippen LogP contribution in [0.2, 0.25) is 0 Å². The Morgan fingerprint density at radius 1 is 0.458 bits per heavy atom. The molecule has 0 saturated carbocycles. The first kappa shape index (κ1) is 31.6. The Bertz CT molecular complexity index is 107. The lowest BCUT2D eigenvalue weighted by atomic mass is 10.3. The molecule has 0 aromatic heterocycles. The lowest BCUT2D eigenvalue weighted by molar-refractivity contribution is -0.0963. The quantitative estimate of drug-likeness (QED) is 0.553. The number of ether oxygens (including phenoxy) is 4. The van der Waals surface area contributed by atoms with E-state index in [4.69, 9.17) is 18.9 Å². The lowest BCUT2D eigenvalue weighted by Crippen LogP contribution is -2.16. The van der Waals surface area contributed by atoms with E-state index in [0.29, 0.717) is 6.79 Å². The van der Waals surface area contributed by atoms with Gasteiger partial charge in [0.15, 0.2) is 0 Å². The highest BCUT2D eigenvalue weighted by Crippen LogP contribution is 1.91. The summed E-state index contributed by atoms with van der Waals surface area (Å²) in [5.74, 6) is 1.67. The molecule has 4 heteroatoms. The maximum Gasteiger partial charge on any atom is 0.146 e. The molecule has 24 heavy (non-hydrogen) atoms. The van der Waals surface area contributed by atoms with Gasteiger partial charge in [0, 0.05) is 0 Å². The number of rotatable bonds is 0. The van der Waals surface area contributed by atoms with Gasteiger partial charge in [0.2, 0.25) is 0 Å². The molecule has 2 saturated heterocycles. The standard InChI is InChI=1S/2C4H8O2.2C4H10.2C2H6/c1-2-6-4-3-5-1;1-2-5-4-6-3-1;2*1-4(2)3;2*1-2/h2*1-4H2;2*4H,1-3H3;2*1-2H3. The molecule has 0 aliphatic carbocycles. The van der Waals surface area contributed by atoms with Crippen molar-refractivity contribution in [2.45, 2.75) is 75.7 Å². The van der Waals surface area contributed by atoms with Crippen molar-refractivity contribution in [1.29, 1.82) is 0 Å². The molecular weight excluding hydrogens is 304 g/mol. The highest BCUT2D eigenvalue weighted by molar-refractivity contribution is 4.37. The van der Waals surface area contributed by atoms with E-state index in [1.807, 2.05) is 27.7 Å². The Hall–Kier alpha value is -0.160. The van der Waals surface area contributed by atoms with Crippen LogP contribution in [0, 0.1) is 11.8 Å². The summed E-state index contributed by atoms with van der Waals surface area (Å²) in [7, 11) is 0. The van der Waals surface area contributed by atoms with Gasteiger partial charge in [0.05, 0.1) is 39.6 Å². The summed E-state index contributed by atoms with van der Waals surface area (Å²) in [6, 6.07) is 0. The van der Waals surface area contributed by atoms with E-state index in [9.17, 15) is 0 Å². The van der Waals surface area contributed by atoms with E-state index in [2.05, 4.69) is 41.5 Å². The normalized spacial score (nSPS) is 15.5. The summed E-state index contributed by atoms with van der Waals surface area (Å²) in [5.41, 5.74) is 0. The second-order valence-corrected chi connectivity index (χ2v) is 5.98. The summed E-state index contributed by atoms with van der Waals surface area (Å²) in [6.45, 7) is 26.4. The van der Waals surface area contributed by atoms with Crippen LogP contribution in [0.25, 0.3) is 0 Å². The smallest absolute Gasteiger partial charge is 0.146 e. The zero-order valence-corrected chi connectivity index (χ0v) is 18.4. The Morgan fingerprint density at radius 3 is 0.792 bits per heavy atom. The topological polar surface area (TPSA) is 36.9 Å². The van der Waals surface area contributed by atoms with Crippen molar-refractivity contribution in [3.05, 3.63) is 0 Å². The Kier molecular flexibility index (Phi) is 45.1. The Balaban J connectivity index is -0.000000106. The summed E-state index contributed by atoms with van der Waals surface area (Å²) in [6.07, 6.45) is 1.06. The van der Waals surface area contributed by atoms with Crippen molar-refractivity contribution in [1.82, 2.24) is 0 Å². The van der Waals surface area contributed by atoms with E-state index in [-0.39, 0.29) is 0 Å². The zero-order valence-electron chi connectivity index (χ0n) is 18.4. The average molecular weight is 353 g/mol. The molecule has 2 heterocycles. The molecule has 0 N–H and O–H groups in total. The highest BCUT2D eigenvalue weighted by atomic mass is 16.7. The maximum absolute atomic E-state index is 4.94. The van der Waals surface area contributed by atoms with Crippen LogP contribution in [-0.2, 0) is 18.9 Å². The van der Waals surface area contributed by atoms with Crippen molar-refractivity contribution in [2.75, 3.05) is 46.4 Å². The fourth-order valence-electron chi connectivity index (χ4n) is 0.880. The first-order valence-corrected chi connectivity index (χ1v) is 9.77. The second-order valence-electron chi connectivity index (χ2n) is 5.98. The van der Waals surface area contributed by atoms with Crippen LogP contribution < -0.4 is 0 Å². The molecule has 0 unspecified atom stereocenters. The van der Waals surface area contributed by atoms with E-state index < -0.39 is 0 Å². The SMILES string of the molecule is C1COCCO1.C1COCOC1.CC.CC.CC(C)C.CC(C)C. The molecule has 0 spiro atoms. The Morgan fingerprint density at radius 2 is 0.708 bits per heavy atom. The fourth-order valence-corrected chi connectivity index (χ4v) is 0.880. The van der Waals surface area contributed by atoms with E-state index >= 15 is 0 Å². The molecule has 0 amide bonds. The van der Waals surface area contributed by atoms with Crippen LogP contribution >= 0.6 is 0 Å². The molecule has 2 rings (SSSR count). The predicted molar refractivity (Wildman–Crippen MR) is 107 cm³/mol. The zero-order chi connectivity index (χ0) is 19.6. The third kappa shape index (κ3) is 67.7. The Labute approximate surface area is 153 Å². The number of hydrogen-bond acceptors (Lipinski definition) is 4. The lowest BCUT2D eigenvalue weighted by Gasteiger charge is -2.09. The predicted octanol–water partition coefficient (Wildman–Crippen LogP) is 5.79. The van der Waals surface area contributed by atoms with Gasteiger partial charge in [-0.25, -0.2) is 0 Å². The molecule has 0 bridgehead atoms. The van der Waals surface area contributed by atoms with Crippen LogP contribution in [0.1, 0.15) is 75.7 Å². The molecule has 2 aliphatic rings. The van der Waals surface area contributed by atoms with Crippen molar-refractivity contribution < 1.29 is 18.9 Å². The van der Waals surface area contributed by atoms with Gasteiger partial charge >= 0.3 is 0 Å². The van der Waals surface area contributed by atoms with Crippen LogP contribution in [0.3, 0.4) is 0 Å². The molecule has 152 valence electrons. The molecular formula is C20H48O4. The van der Waals surface area contributed by atoms with Gasteiger partial charge in [-0.15, -0.1) is 0 Å². The second kappa shape index (κ2) is 34.2. The minimum atomic E-state index is 0.500. The molecule has 4 nitrogen and oxygen atoms in total. The largest absolute Gasteiger partial charge is 0.377 e. The average Bonchev–Trinajstić information content (AvgIpc) is 2.61. The summed E-state index contributed by atoms with van der Waals surface area (Å²) >= 11 is 0. The third-order valence-corrected chi connectivity index (χ3v) is 1.49. The third-order valence-electron chi connectivity index (χ3n) is 1.49. The van der Waals surface area contributed by atoms with Gasteiger partial charge in [-0.2, -0.15) is 0 Å². The van der Waals surface area contributed by atoms with Crippen LogP contribution in [-0.4, -0.2) is 46.4 Å². The van der Waals surface area contributed by atoms with Crippen molar-refractivity contribution >= 4 is 0 Å². The van der Waals surface area contributed by atoms with Gasteiger partial charge in [0.1, 0.15) is 6.79 Å². The van der Waals surface area contributed by atoms with Crippen LogP contribution in [0.5, 0.6) is 0 Å². The minimum Gasteiger partial charge on any atom is -0.377 e. The fraction of sp³-hybridized carbons (Fsp3) is 1.00. The summed E-state index contributed by atoms with van der Waals surface area (Å²) < 4.78 is 19.6. The van der Waals surface area contributed by atoms with E-state index in [0.717, 1.165) is 57.9 Å². The van der Waals surface area contributed by atoms with Gasteiger partial charge in [-0.05, 0) is 18.3 Å². The minimum absolute atomic E-state index is 0.500. The van der Waals surface area contributed by atoms with Crippen LogP contribution in [0.15, 0.2) is 0 Å². The first-order chi connectivity index (χ1) is 11.5. The van der Waals surface area contributed by atoms with Crippen molar-refractivity contribution in [3.8, 4) is 0 Å². The molecule has 0 aromatic carbocycles. The molecule has 2 aliphatic heterocycles. The van der Waals surface area contributed by atoms with Gasteiger partial charge in [0.25, 0.3) is 0 Å². The van der Waals surface area contributed by atoms with Gasteiger partial charge in [-0.3, -0.25) is 0 Å². The molecule has 0 aromatic rings.